The van der Waals surface area contributed by atoms with Crippen molar-refractivity contribution in [3.05, 3.63) is 41.5 Å². The van der Waals surface area contributed by atoms with Gasteiger partial charge in [0.2, 0.25) is 5.95 Å². The number of nitrogens with one attached hydrogen (secondary N) is 1. The molecule has 1 aromatic carbocycles. The fourth-order valence-electron chi connectivity index (χ4n) is 1.76. The van der Waals surface area contributed by atoms with Crippen LogP contribution in [0.1, 0.15) is 11.3 Å². The van der Waals surface area contributed by atoms with Gasteiger partial charge in [0.1, 0.15) is 5.82 Å². The first-order valence-corrected chi connectivity index (χ1v) is 5.71. The van der Waals surface area contributed by atoms with E-state index in [0.29, 0.717) is 23.3 Å². The zero-order chi connectivity index (χ0) is 14.9. The molecule has 0 spiro atoms. The second kappa shape index (κ2) is 5.07. The van der Waals surface area contributed by atoms with Crippen LogP contribution in [0.25, 0.3) is 11.1 Å². The van der Waals surface area contributed by atoms with Gasteiger partial charge in [-0.15, -0.1) is 0 Å². The van der Waals surface area contributed by atoms with Crippen LogP contribution < -0.4 is 5.32 Å². The number of anilines is 1. The lowest BCUT2D eigenvalue weighted by Gasteiger charge is -2.11. The van der Waals surface area contributed by atoms with E-state index < -0.39 is 17.6 Å². The van der Waals surface area contributed by atoms with E-state index in [4.69, 9.17) is 0 Å². The number of hydrogen-bond acceptors (Lipinski definition) is 3. The maximum absolute atomic E-state index is 13.9. The van der Waals surface area contributed by atoms with E-state index in [1.165, 1.54) is 6.20 Å². The van der Waals surface area contributed by atoms with Gasteiger partial charge in [0.25, 0.3) is 0 Å². The van der Waals surface area contributed by atoms with Crippen molar-refractivity contribution in [2.24, 2.45) is 0 Å². The molecular weight excluding hydrogens is 274 g/mol. The third kappa shape index (κ3) is 2.71. The summed E-state index contributed by atoms with van der Waals surface area (Å²) < 4.78 is 51.3. The molecule has 1 aromatic heterocycles. The van der Waals surface area contributed by atoms with Gasteiger partial charge in [-0.2, -0.15) is 13.2 Å². The van der Waals surface area contributed by atoms with Gasteiger partial charge in [0.05, 0.1) is 11.3 Å². The summed E-state index contributed by atoms with van der Waals surface area (Å²) in [6.45, 7) is 1.63. The Morgan fingerprint density at radius 1 is 1.15 bits per heavy atom. The molecule has 20 heavy (non-hydrogen) atoms. The van der Waals surface area contributed by atoms with Gasteiger partial charge in [-0.25, -0.2) is 14.4 Å². The van der Waals surface area contributed by atoms with Gasteiger partial charge in [-0.05, 0) is 19.1 Å². The predicted molar refractivity (Wildman–Crippen MR) is 66.7 cm³/mol. The second-order valence-corrected chi connectivity index (χ2v) is 4.14. The maximum atomic E-state index is 13.9. The summed E-state index contributed by atoms with van der Waals surface area (Å²) >= 11 is 0. The number of nitrogens with zero attached hydrogens (tertiary/aromatic N) is 2. The first-order chi connectivity index (χ1) is 9.32. The minimum Gasteiger partial charge on any atom is -0.357 e. The molecule has 0 aliphatic carbocycles. The Kier molecular flexibility index (Phi) is 3.61. The second-order valence-electron chi connectivity index (χ2n) is 4.14. The molecule has 0 aliphatic heterocycles. The molecule has 0 atom stereocenters. The minimum absolute atomic E-state index is 0.0400. The molecule has 1 N–H and O–H groups in total. The summed E-state index contributed by atoms with van der Waals surface area (Å²) in [6, 6.07) is 2.40. The van der Waals surface area contributed by atoms with E-state index in [0.717, 1.165) is 12.1 Å². The Labute approximate surface area is 112 Å². The normalized spacial score (nSPS) is 11.5. The first kappa shape index (κ1) is 14.2. The largest absolute Gasteiger partial charge is 0.416 e. The van der Waals surface area contributed by atoms with Crippen molar-refractivity contribution >= 4 is 5.95 Å². The van der Waals surface area contributed by atoms with Crippen molar-refractivity contribution in [3.63, 3.8) is 0 Å². The maximum Gasteiger partial charge on any atom is 0.416 e. The Morgan fingerprint density at radius 2 is 1.85 bits per heavy atom. The number of aromatic nitrogens is 2. The molecule has 0 saturated heterocycles. The van der Waals surface area contributed by atoms with E-state index >= 15 is 0 Å². The molecule has 2 aromatic rings. The molecule has 0 aliphatic rings. The third-order valence-corrected chi connectivity index (χ3v) is 2.79. The number of hydrogen-bond donors (Lipinski definition) is 1. The molecule has 0 unspecified atom stereocenters. The highest BCUT2D eigenvalue weighted by Gasteiger charge is 2.31. The first-order valence-electron chi connectivity index (χ1n) is 5.71. The van der Waals surface area contributed by atoms with Crippen LogP contribution in [0.5, 0.6) is 0 Å². The fourth-order valence-corrected chi connectivity index (χ4v) is 1.76. The highest BCUT2D eigenvalue weighted by molar-refractivity contribution is 5.66. The van der Waals surface area contributed by atoms with Crippen LogP contribution in [0, 0.1) is 12.7 Å². The number of alkyl halides is 3. The van der Waals surface area contributed by atoms with Crippen molar-refractivity contribution in [2.45, 2.75) is 13.1 Å². The average Bonchev–Trinajstić information content (AvgIpc) is 2.38. The van der Waals surface area contributed by atoms with Gasteiger partial charge < -0.3 is 5.32 Å². The SMILES string of the molecule is CNc1ncc(-c2ccc(C(F)(F)F)cc2F)c(C)n1. The number of rotatable bonds is 2. The molecule has 0 saturated carbocycles. The lowest BCUT2D eigenvalue weighted by molar-refractivity contribution is -0.137. The van der Waals surface area contributed by atoms with E-state index in [1.807, 2.05) is 0 Å². The number of aryl methyl sites for hydroxylation is 1. The van der Waals surface area contributed by atoms with E-state index in [9.17, 15) is 17.6 Å². The van der Waals surface area contributed by atoms with E-state index in [2.05, 4.69) is 15.3 Å². The van der Waals surface area contributed by atoms with Crippen molar-refractivity contribution in [2.75, 3.05) is 12.4 Å². The molecule has 0 radical (unpaired) electrons. The Morgan fingerprint density at radius 3 is 2.35 bits per heavy atom. The third-order valence-electron chi connectivity index (χ3n) is 2.79. The van der Waals surface area contributed by atoms with Gasteiger partial charge in [-0.1, -0.05) is 6.07 Å². The van der Waals surface area contributed by atoms with Crippen molar-refractivity contribution < 1.29 is 17.6 Å². The lowest BCUT2D eigenvalue weighted by Crippen LogP contribution is -2.06. The van der Waals surface area contributed by atoms with Gasteiger partial charge >= 0.3 is 6.18 Å². The van der Waals surface area contributed by atoms with Crippen molar-refractivity contribution in [1.82, 2.24) is 9.97 Å². The summed E-state index contributed by atoms with van der Waals surface area (Å²) in [5, 5.41) is 2.73. The number of halogens is 4. The Hall–Kier alpha value is -2.18. The molecule has 106 valence electrons. The van der Waals surface area contributed by atoms with Crippen LogP contribution in [0.4, 0.5) is 23.5 Å². The van der Waals surface area contributed by atoms with Gasteiger partial charge in [0, 0.05) is 24.4 Å². The molecule has 0 amide bonds. The summed E-state index contributed by atoms with van der Waals surface area (Å²) in [6.07, 6.45) is -3.19. The minimum atomic E-state index is -4.57. The number of benzene rings is 1. The monoisotopic (exact) mass is 285 g/mol. The van der Waals surface area contributed by atoms with E-state index in [1.54, 1.807) is 14.0 Å². The van der Waals surface area contributed by atoms with Crippen molar-refractivity contribution in [3.8, 4) is 11.1 Å². The molecule has 0 fully saturated rings. The van der Waals surface area contributed by atoms with Crippen LogP contribution in [-0.2, 0) is 6.18 Å². The topological polar surface area (TPSA) is 37.8 Å². The zero-order valence-corrected chi connectivity index (χ0v) is 10.7. The average molecular weight is 285 g/mol. The predicted octanol–water partition coefficient (Wildman–Crippen LogP) is 3.65. The van der Waals surface area contributed by atoms with Crippen LogP contribution in [-0.4, -0.2) is 17.0 Å². The Bertz CT molecular complexity index is 638. The lowest BCUT2D eigenvalue weighted by atomic mass is 10.0. The highest BCUT2D eigenvalue weighted by Crippen LogP contribution is 2.33. The van der Waals surface area contributed by atoms with Crippen molar-refractivity contribution in [1.29, 1.82) is 0 Å². The summed E-state index contributed by atoms with van der Waals surface area (Å²) in [5.41, 5.74) is -0.152. The molecular formula is C13H11F4N3. The molecule has 1 heterocycles. The summed E-state index contributed by atoms with van der Waals surface area (Å²) in [4.78, 5) is 8.00. The van der Waals surface area contributed by atoms with Crippen LogP contribution in [0.2, 0.25) is 0 Å². The molecule has 2 rings (SSSR count). The van der Waals surface area contributed by atoms with E-state index in [-0.39, 0.29) is 5.56 Å². The van der Waals surface area contributed by atoms with Crippen LogP contribution >= 0.6 is 0 Å². The standard InChI is InChI=1S/C13H11F4N3/c1-7-10(6-19-12(18-2)20-7)9-4-3-8(5-11(9)14)13(15,16)17/h3-6H,1-2H3,(H,18,19,20). The highest BCUT2D eigenvalue weighted by atomic mass is 19.4. The van der Waals surface area contributed by atoms with Crippen LogP contribution in [0.15, 0.2) is 24.4 Å². The van der Waals surface area contributed by atoms with Gasteiger partial charge in [0.15, 0.2) is 0 Å². The molecule has 7 heteroatoms. The molecule has 0 bridgehead atoms. The smallest absolute Gasteiger partial charge is 0.357 e. The van der Waals surface area contributed by atoms with Gasteiger partial charge in [-0.3, -0.25) is 0 Å². The quantitative estimate of drug-likeness (QED) is 0.856. The Balaban J connectivity index is 2.49. The summed E-state index contributed by atoms with van der Waals surface area (Å²) in [7, 11) is 1.63. The molecule has 3 nitrogen and oxygen atoms in total. The fraction of sp³-hybridized carbons (Fsp3) is 0.231. The van der Waals surface area contributed by atoms with Crippen LogP contribution in [0.3, 0.4) is 0 Å². The summed E-state index contributed by atoms with van der Waals surface area (Å²) in [5.74, 6) is -0.595. The zero-order valence-electron chi connectivity index (χ0n) is 10.7.